The zero-order valence-corrected chi connectivity index (χ0v) is 20.1. The van der Waals surface area contributed by atoms with Gasteiger partial charge in [0, 0.05) is 35.5 Å². The maximum Gasteiger partial charge on any atom is 0.362 e. The highest BCUT2D eigenvalue weighted by atomic mass is 16.5. The molecule has 0 saturated carbocycles. The molecule has 0 bridgehead atoms. The first-order valence-electron chi connectivity index (χ1n) is 11.8. The molecule has 35 heavy (non-hydrogen) atoms. The van der Waals surface area contributed by atoms with Crippen LogP contribution in [0.1, 0.15) is 35.6 Å². The molecular formula is C26H32N5O4+. The van der Waals surface area contributed by atoms with Gasteiger partial charge in [-0.05, 0) is 32.4 Å². The van der Waals surface area contributed by atoms with Gasteiger partial charge in [0.2, 0.25) is 12.6 Å². The Labute approximate surface area is 205 Å². The van der Waals surface area contributed by atoms with E-state index in [4.69, 9.17) is 4.74 Å². The summed E-state index contributed by atoms with van der Waals surface area (Å²) in [6, 6.07) is 14.5. The van der Waals surface area contributed by atoms with Gasteiger partial charge in [0.05, 0.1) is 7.11 Å². The molecule has 9 nitrogen and oxygen atoms in total. The monoisotopic (exact) mass is 478 g/mol. The van der Waals surface area contributed by atoms with Crippen LogP contribution in [0.25, 0.3) is 0 Å². The number of methoxy groups -OCH3 is 1. The maximum absolute atomic E-state index is 14.4. The van der Waals surface area contributed by atoms with E-state index in [0.29, 0.717) is 24.4 Å². The molecule has 2 aromatic carbocycles. The van der Waals surface area contributed by atoms with Gasteiger partial charge < -0.3 is 20.1 Å². The Morgan fingerprint density at radius 2 is 2.00 bits per heavy atom. The molecule has 1 fully saturated rings. The Balaban J connectivity index is 1.76. The zero-order valence-electron chi connectivity index (χ0n) is 20.1. The molecule has 2 N–H and O–H groups in total. The third-order valence-corrected chi connectivity index (χ3v) is 6.54. The van der Waals surface area contributed by atoms with Gasteiger partial charge in [-0.1, -0.05) is 48.0 Å². The predicted octanol–water partition coefficient (Wildman–Crippen LogP) is 3.58. The van der Waals surface area contributed by atoms with E-state index in [9.17, 15) is 14.7 Å². The first kappa shape index (κ1) is 24.6. The zero-order chi connectivity index (χ0) is 24.8. The number of quaternary nitrogens is 1. The average Bonchev–Trinajstić information content (AvgIpc) is 3.53. The fraction of sp³-hybridized carbons (Fsp3) is 0.385. The molecule has 4 rings (SSSR count). The van der Waals surface area contributed by atoms with E-state index in [1.165, 1.54) is 6.20 Å². The average molecular weight is 479 g/mol. The summed E-state index contributed by atoms with van der Waals surface area (Å²) < 4.78 is 5.10. The topological polar surface area (TPSA) is 104 Å². The lowest BCUT2D eigenvalue weighted by molar-refractivity contribution is -0.902. The minimum atomic E-state index is -1.06. The van der Waals surface area contributed by atoms with Crippen LogP contribution in [0.5, 0.6) is 5.75 Å². The summed E-state index contributed by atoms with van der Waals surface area (Å²) in [4.78, 5) is 28.1. The van der Waals surface area contributed by atoms with Crippen molar-refractivity contribution in [3.8, 4) is 5.75 Å². The first-order valence-corrected chi connectivity index (χ1v) is 11.8. The molecule has 0 radical (unpaired) electrons. The molecular weight excluding hydrogens is 446 g/mol. The van der Waals surface area contributed by atoms with E-state index in [1.807, 2.05) is 55.5 Å². The number of amides is 1. The van der Waals surface area contributed by atoms with E-state index in [1.54, 1.807) is 18.2 Å². The lowest BCUT2D eigenvalue weighted by atomic mass is 10.0. The largest absolute Gasteiger partial charge is 0.496 e. The van der Waals surface area contributed by atoms with Crippen LogP contribution in [0.3, 0.4) is 0 Å². The highest BCUT2D eigenvalue weighted by molar-refractivity contribution is 5.83. The molecule has 0 spiro atoms. The normalized spacial score (nSPS) is 21.7. The molecule has 1 amide bonds. The molecule has 3 atom stereocenters. The fourth-order valence-corrected chi connectivity index (χ4v) is 4.79. The van der Waals surface area contributed by atoms with Crippen LogP contribution in [-0.4, -0.2) is 59.3 Å². The van der Waals surface area contributed by atoms with Crippen LogP contribution >= 0.6 is 0 Å². The number of carboxylic acids is 1. The van der Waals surface area contributed by atoms with Gasteiger partial charge in [-0.3, -0.25) is 4.79 Å². The Hall–Kier alpha value is -3.56. The summed E-state index contributed by atoms with van der Waals surface area (Å²) in [7, 11) is 1.61. The van der Waals surface area contributed by atoms with Gasteiger partial charge in [0.15, 0.2) is 0 Å². The Morgan fingerprint density at radius 1 is 1.23 bits per heavy atom. The number of carbonyl (C=O) groups excluding carboxylic acids is 1. The number of aryl methyl sites for hydroxylation is 1. The van der Waals surface area contributed by atoms with Crippen molar-refractivity contribution in [2.75, 3.05) is 26.7 Å². The number of nitrogens with zero attached hydrogens (tertiary/aromatic N) is 4. The molecule has 2 aliphatic rings. The van der Waals surface area contributed by atoms with E-state index in [2.05, 4.69) is 15.7 Å². The molecule has 1 unspecified atom stereocenters. The van der Waals surface area contributed by atoms with Crippen LogP contribution in [0.15, 0.2) is 71.3 Å². The van der Waals surface area contributed by atoms with Crippen molar-refractivity contribution in [2.24, 2.45) is 10.3 Å². The van der Waals surface area contributed by atoms with Crippen molar-refractivity contribution < 1.29 is 24.0 Å². The number of para-hydroxylation sites is 1. The molecule has 2 aromatic rings. The van der Waals surface area contributed by atoms with Crippen molar-refractivity contribution in [3.05, 3.63) is 77.6 Å². The molecule has 1 saturated heterocycles. The highest BCUT2D eigenvalue weighted by Crippen LogP contribution is 2.36. The molecule has 0 aliphatic carbocycles. The van der Waals surface area contributed by atoms with E-state index >= 15 is 0 Å². The second kappa shape index (κ2) is 10.8. The number of carboxylic acid groups (broad SMARTS) is 1. The summed E-state index contributed by atoms with van der Waals surface area (Å²) in [6.45, 7) is 3.31. The number of aliphatic carboxylic acids is 1. The van der Waals surface area contributed by atoms with Crippen molar-refractivity contribution in [2.45, 2.75) is 38.4 Å². The van der Waals surface area contributed by atoms with Crippen LogP contribution in [0.4, 0.5) is 0 Å². The maximum atomic E-state index is 14.4. The first-order chi connectivity index (χ1) is 16.9. The Bertz CT molecular complexity index is 1100. The summed E-state index contributed by atoms with van der Waals surface area (Å²) >= 11 is 0. The third kappa shape index (κ3) is 5.58. The van der Waals surface area contributed by atoms with Gasteiger partial charge in [0.1, 0.15) is 18.1 Å². The van der Waals surface area contributed by atoms with Gasteiger partial charge in [0.25, 0.3) is 5.91 Å². The van der Waals surface area contributed by atoms with Gasteiger partial charge in [-0.25, -0.2) is 4.79 Å². The summed E-state index contributed by atoms with van der Waals surface area (Å²) in [5.74, 6) is -0.568. The number of nitrogens with one attached hydrogen (secondary N) is 1. The van der Waals surface area contributed by atoms with E-state index in [0.717, 1.165) is 30.5 Å². The minimum Gasteiger partial charge on any atom is -0.496 e. The van der Waals surface area contributed by atoms with Gasteiger partial charge in [-0.15, -0.1) is 9.71 Å². The minimum absolute atomic E-state index is 0.163. The second-order valence-electron chi connectivity index (χ2n) is 9.08. The van der Waals surface area contributed by atoms with Crippen molar-refractivity contribution >= 4 is 11.9 Å². The number of hydrogen-bond acceptors (Lipinski definition) is 6. The molecule has 0 aromatic heterocycles. The Kier molecular flexibility index (Phi) is 7.57. The highest BCUT2D eigenvalue weighted by Gasteiger charge is 2.49. The summed E-state index contributed by atoms with van der Waals surface area (Å²) in [6.07, 6.45) is 5.07. The smallest absolute Gasteiger partial charge is 0.362 e. The van der Waals surface area contributed by atoms with Crippen LogP contribution in [0, 0.1) is 6.92 Å². The molecule has 184 valence electrons. The number of hydrogen-bond donors (Lipinski definition) is 2. The number of benzene rings is 2. The lowest BCUT2D eigenvalue weighted by Crippen LogP contribution is -2.52. The number of rotatable bonds is 10. The van der Waals surface area contributed by atoms with Gasteiger partial charge >= 0.3 is 5.97 Å². The van der Waals surface area contributed by atoms with Gasteiger partial charge in [-0.2, -0.15) is 0 Å². The predicted molar refractivity (Wildman–Crippen MR) is 130 cm³/mol. The van der Waals surface area contributed by atoms with Crippen LogP contribution in [-0.2, 0) is 16.1 Å². The molecule has 2 aliphatic heterocycles. The SMILES string of the molecule is COc1ccccc1CN(C[C@H]1CCCN1)C(=O)[C@H](c1ccc(C)cc1)[N+]1(CC(=O)O)C=CN=N1. The Morgan fingerprint density at radius 3 is 2.63 bits per heavy atom. The number of ether oxygens (including phenoxy) is 1. The van der Waals surface area contributed by atoms with E-state index < -0.39 is 23.1 Å². The van der Waals surface area contributed by atoms with Crippen molar-refractivity contribution in [1.82, 2.24) is 10.2 Å². The summed E-state index contributed by atoms with van der Waals surface area (Å²) in [5, 5.41) is 21.4. The molecule has 2 heterocycles. The third-order valence-electron chi connectivity index (χ3n) is 6.54. The fourth-order valence-electron chi connectivity index (χ4n) is 4.79. The van der Waals surface area contributed by atoms with E-state index in [-0.39, 0.29) is 11.9 Å². The van der Waals surface area contributed by atoms with Crippen LogP contribution in [0.2, 0.25) is 0 Å². The summed E-state index contributed by atoms with van der Waals surface area (Å²) in [5.41, 5.74) is 2.62. The quantitative estimate of drug-likeness (QED) is 0.508. The lowest BCUT2D eigenvalue weighted by Gasteiger charge is -2.35. The van der Waals surface area contributed by atoms with Crippen LogP contribution < -0.4 is 10.1 Å². The van der Waals surface area contributed by atoms with Crippen molar-refractivity contribution in [1.29, 1.82) is 0 Å². The second-order valence-corrected chi connectivity index (χ2v) is 9.08. The van der Waals surface area contributed by atoms with Crippen molar-refractivity contribution in [3.63, 3.8) is 0 Å². The standard InChI is InChI=1S/C26H31N5O4/c1-19-9-11-20(12-10-19)25(31(18-24(32)33)15-14-28-29-31)26(34)30(17-22-7-5-13-27-22)16-21-6-3-4-8-23(21)35-2/h3-4,6,8-12,14-15,22,25,27H,5,7,13,16-18H2,1-2H3/p+1/t22-,25+,31?/m1/s1. The molecule has 9 heteroatoms. The number of carbonyl (C=O) groups is 2.